The van der Waals surface area contributed by atoms with E-state index in [0.717, 1.165) is 22.3 Å². The van der Waals surface area contributed by atoms with E-state index in [4.69, 9.17) is 15.0 Å². The Hall–Kier alpha value is -1.78. The highest BCUT2D eigenvalue weighted by Gasteiger charge is 2.51. The van der Waals surface area contributed by atoms with Gasteiger partial charge < -0.3 is 15.0 Å². The molecule has 0 radical (unpaired) electrons. The molecule has 3 nitrogen and oxygen atoms in total. The highest BCUT2D eigenvalue weighted by Crippen LogP contribution is 2.36. The van der Waals surface area contributed by atoms with Crippen LogP contribution in [0.3, 0.4) is 0 Å². The summed E-state index contributed by atoms with van der Waals surface area (Å²) in [4.78, 5) is 0. The van der Waals surface area contributed by atoms with Crippen LogP contribution in [0.5, 0.6) is 0 Å². The van der Waals surface area contributed by atoms with Crippen LogP contribution in [-0.4, -0.2) is 18.3 Å². The van der Waals surface area contributed by atoms with Crippen LogP contribution in [-0.2, 0) is 9.31 Å². The van der Waals surface area contributed by atoms with Crippen molar-refractivity contribution in [1.82, 2.24) is 0 Å². The predicted molar refractivity (Wildman–Crippen MR) is 92.0 cm³/mol. The summed E-state index contributed by atoms with van der Waals surface area (Å²) in [6.45, 7) is 8.25. The van der Waals surface area contributed by atoms with E-state index in [1.54, 1.807) is 0 Å². The summed E-state index contributed by atoms with van der Waals surface area (Å²) in [5, 5.41) is 0. The van der Waals surface area contributed by atoms with E-state index in [9.17, 15) is 0 Å². The number of nitrogen functional groups attached to an aromatic ring is 1. The number of nitrogens with two attached hydrogens (primary N) is 1. The van der Waals surface area contributed by atoms with Crippen molar-refractivity contribution in [2.24, 2.45) is 0 Å². The molecule has 0 atom stereocenters. The lowest BCUT2D eigenvalue weighted by atomic mass is 9.78. The van der Waals surface area contributed by atoms with Crippen molar-refractivity contribution in [3.8, 4) is 11.1 Å². The zero-order chi connectivity index (χ0) is 16.0. The highest BCUT2D eigenvalue weighted by molar-refractivity contribution is 6.62. The van der Waals surface area contributed by atoms with Crippen LogP contribution < -0.4 is 11.2 Å². The Morgan fingerprint density at radius 1 is 0.818 bits per heavy atom. The van der Waals surface area contributed by atoms with Crippen molar-refractivity contribution in [2.75, 3.05) is 5.73 Å². The number of hydrogen-bond donors (Lipinski definition) is 1. The van der Waals surface area contributed by atoms with Crippen molar-refractivity contribution in [1.29, 1.82) is 0 Å². The molecule has 22 heavy (non-hydrogen) atoms. The molecule has 0 bridgehead atoms. The fraction of sp³-hybridized carbons (Fsp3) is 0.333. The predicted octanol–water partition coefficient (Wildman–Crippen LogP) is 3.24. The Labute approximate surface area is 132 Å². The molecule has 2 aromatic rings. The average Bonchev–Trinajstić information content (AvgIpc) is 2.68. The molecule has 2 aromatic carbocycles. The fourth-order valence-corrected chi connectivity index (χ4v) is 2.56. The lowest BCUT2D eigenvalue weighted by Gasteiger charge is -2.32. The van der Waals surface area contributed by atoms with Gasteiger partial charge in [0.05, 0.1) is 11.2 Å². The van der Waals surface area contributed by atoms with Gasteiger partial charge in [-0.25, -0.2) is 0 Å². The second-order valence-electron chi connectivity index (χ2n) is 6.80. The van der Waals surface area contributed by atoms with Crippen LogP contribution in [0, 0.1) is 0 Å². The molecule has 3 rings (SSSR count). The number of rotatable bonds is 2. The van der Waals surface area contributed by atoms with Gasteiger partial charge in [0.15, 0.2) is 0 Å². The molecule has 0 aliphatic carbocycles. The summed E-state index contributed by atoms with van der Waals surface area (Å²) < 4.78 is 12.1. The summed E-state index contributed by atoms with van der Waals surface area (Å²) in [6.07, 6.45) is 0. The number of anilines is 1. The van der Waals surface area contributed by atoms with E-state index < -0.39 is 0 Å². The summed E-state index contributed by atoms with van der Waals surface area (Å²) >= 11 is 0. The molecule has 0 spiro atoms. The molecular weight excluding hydrogens is 273 g/mol. The van der Waals surface area contributed by atoms with E-state index in [1.165, 1.54) is 0 Å². The van der Waals surface area contributed by atoms with Gasteiger partial charge in [-0.1, -0.05) is 42.5 Å². The maximum Gasteiger partial charge on any atom is 0.494 e. The molecule has 0 unspecified atom stereocenters. The molecule has 1 fully saturated rings. The van der Waals surface area contributed by atoms with Gasteiger partial charge in [0.25, 0.3) is 0 Å². The first-order chi connectivity index (χ1) is 10.3. The summed E-state index contributed by atoms with van der Waals surface area (Å²) in [7, 11) is -0.327. The van der Waals surface area contributed by atoms with E-state index in [2.05, 4.69) is 39.8 Å². The van der Waals surface area contributed by atoms with Crippen LogP contribution in [0.1, 0.15) is 27.7 Å². The third-order valence-corrected chi connectivity index (χ3v) is 4.71. The van der Waals surface area contributed by atoms with Crippen molar-refractivity contribution in [3.05, 3.63) is 48.5 Å². The lowest BCUT2D eigenvalue weighted by molar-refractivity contribution is 0.00578. The van der Waals surface area contributed by atoms with Gasteiger partial charge in [0.2, 0.25) is 0 Å². The van der Waals surface area contributed by atoms with Crippen LogP contribution >= 0.6 is 0 Å². The van der Waals surface area contributed by atoms with Crippen molar-refractivity contribution < 1.29 is 9.31 Å². The van der Waals surface area contributed by atoms with Crippen molar-refractivity contribution in [2.45, 2.75) is 38.9 Å². The van der Waals surface area contributed by atoms with E-state index in [-0.39, 0.29) is 18.3 Å². The molecule has 1 saturated heterocycles. The molecule has 0 amide bonds. The first-order valence-corrected chi connectivity index (χ1v) is 7.61. The van der Waals surface area contributed by atoms with Crippen molar-refractivity contribution in [3.63, 3.8) is 0 Å². The van der Waals surface area contributed by atoms with Gasteiger partial charge in [-0.15, -0.1) is 0 Å². The van der Waals surface area contributed by atoms with Gasteiger partial charge in [0, 0.05) is 11.3 Å². The average molecular weight is 295 g/mol. The van der Waals surface area contributed by atoms with Crippen LogP contribution in [0.15, 0.2) is 48.5 Å². The highest BCUT2D eigenvalue weighted by atomic mass is 16.7. The minimum atomic E-state index is -0.327. The Bertz CT molecular complexity index is 664. The summed E-state index contributed by atoms with van der Waals surface area (Å²) in [5.74, 6) is 0. The largest absolute Gasteiger partial charge is 0.494 e. The standard InChI is InChI=1S/C18H22BNO2/c1-17(2)18(3,4)22-19(21-17)14-11-9-13(10-12-14)15-7-5-6-8-16(15)20/h5-12H,20H2,1-4H3. The molecule has 1 aliphatic heterocycles. The SMILES string of the molecule is CC1(C)OB(c2ccc(-c3ccccc3N)cc2)OC1(C)C. The fourth-order valence-electron chi connectivity index (χ4n) is 2.56. The van der Waals surface area contributed by atoms with E-state index in [1.807, 2.05) is 36.4 Å². The van der Waals surface area contributed by atoms with E-state index in [0.29, 0.717) is 0 Å². The van der Waals surface area contributed by atoms with Gasteiger partial charge in [-0.05, 0) is 44.8 Å². The second kappa shape index (κ2) is 5.15. The topological polar surface area (TPSA) is 44.5 Å². The molecule has 1 heterocycles. The third kappa shape index (κ3) is 2.53. The minimum Gasteiger partial charge on any atom is -0.399 e. The van der Waals surface area contributed by atoms with Gasteiger partial charge in [-0.2, -0.15) is 0 Å². The molecule has 2 N–H and O–H groups in total. The first kappa shape index (κ1) is 15.1. The summed E-state index contributed by atoms with van der Waals surface area (Å²) in [5.41, 5.74) is 9.34. The first-order valence-electron chi connectivity index (χ1n) is 7.61. The Morgan fingerprint density at radius 2 is 1.36 bits per heavy atom. The quantitative estimate of drug-likeness (QED) is 0.683. The molecule has 4 heteroatoms. The smallest absolute Gasteiger partial charge is 0.399 e. The molecule has 0 aromatic heterocycles. The van der Waals surface area contributed by atoms with E-state index >= 15 is 0 Å². The minimum absolute atomic E-state index is 0.319. The van der Waals surface area contributed by atoms with Gasteiger partial charge in [0.1, 0.15) is 0 Å². The second-order valence-corrected chi connectivity index (χ2v) is 6.80. The van der Waals surface area contributed by atoms with Gasteiger partial charge in [-0.3, -0.25) is 0 Å². The maximum absolute atomic E-state index is 6.07. The Morgan fingerprint density at radius 3 is 1.91 bits per heavy atom. The summed E-state index contributed by atoms with van der Waals surface area (Å²) in [6, 6.07) is 16.1. The Balaban J connectivity index is 1.86. The van der Waals surface area contributed by atoms with Crippen LogP contribution in [0.4, 0.5) is 5.69 Å². The van der Waals surface area contributed by atoms with Crippen molar-refractivity contribution >= 4 is 18.3 Å². The Kier molecular flexibility index (Phi) is 3.54. The third-order valence-electron chi connectivity index (χ3n) is 4.71. The molecule has 114 valence electrons. The number of hydrogen-bond acceptors (Lipinski definition) is 3. The number of para-hydroxylation sites is 1. The number of benzene rings is 2. The zero-order valence-electron chi connectivity index (χ0n) is 13.6. The maximum atomic E-state index is 6.07. The lowest BCUT2D eigenvalue weighted by Crippen LogP contribution is -2.41. The molecule has 0 saturated carbocycles. The zero-order valence-corrected chi connectivity index (χ0v) is 13.6. The monoisotopic (exact) mass is 295 g/mol. The normalized spacial score (nSPS) is 19.4. The van der Waals surface area contributed by atoms with Crippen LogP contribution in [0.25, 0.3) is 11.1 Å². The van der Waals surface area contributed by atoms with Gasteiger partial charge >= 0.3 is 7.12 Å². The molecule has 1 aliphatic rings. The molecular formula is C18H22BNO2. The van der Waals surface area contributed by atoms with Crippen LogP contribution in [0.2, 0.25) is 0 Å².